The first-order valence-corrected chi connectivity index (χ1v) is 9.75. The van der Waals surface area contributed by atoms with Gasteiger partial charge in [-0.15, -0.1) is 0 Å². The first kappa shape index (κ1) is 18.5. The predicted octanol–water partition coefficient (Wildman–Crippen LogP) is 1.18. The molecule has 0 aromatic carbocycles. The normalized spacial score (nSPS) is 18.6. The van der Waals surface area contributed by atoms with E-state index in [1.54, 1.807) is 0 Å². The Bertz CT molecular complexity index is 597. The summed E-state index contributed by atoms with van der Waals surface area (Å²) in [6, 6.07) is 6.05. The molecule has 1 N–H and O–H groups in total. The van der Waals surface area contributed by atoms with Crippen molar-refractivity contribution >= 4 is 17.7 Å². The second-order valence-electron chi connectivity index (χ2n) is 6.74. The largest absolute Gasteiger partial charge is 0.357 e. The van der Waals surface area contributed by atoms with Crippen LogP contribution >= 0.6 is 0 Å². The molecule has 3 heterocycles. The molecule has 0 bridgehead atoms. The quantitative estimate of drug-likeness (QED) is 0.470. The Morgan fingerprint density at radius 2 is 2.08 bits per heavy atom. The zero-order chi connectivity index (χ0) is 18.2. The molecule has 7 nitrogen and oxygen atoms in total. The molecule has 0 atom stereocenters. The molecule has 0 unspecified atom stereocenters. The number of hydrogen-bond acceptors (Lipinski definition) is 4. The maximum atomic E-state index is 11.7. The van der Waals surface area contributed by atoms with Crippen LogP contribution in [-0.4, -0.2) is 79.0 Å². The van der Waals surface area contributed by atoms with Gasteiger partial charge in [0.15, 0.2) is 5.96 Å². The summed E-state index contributed by atoms with van der Waals surface area (Å²) in [5.74, 6) is 2.33. The Morgan fingerprint density at radius 1 is 1.23 bits per heavy atom. The molecule has 0 aliphatic carbocycles. The fourth-order valence-corrected chi connectivity index (χ4v) is 3.50. The number of anilines is 1. The first-order chi connectivity index (χ1) is 12.8. The molecule has 1 amide bonds. The SMILES string of the molecule is CCNC(=NCCCN1CCCC1=O)N1CCN(c2ccccn2)CC1. The molecular formula is C19H30N6O. The summed E-state index contributed by atoms with van der Waals surface area (Å²) >= 11 is 0. The Labute approximate surface area is 156 Å². The van der Waals surface area contributed by atoms with Crippen LogP contribution in [0.15, 0.2) is 29.4 Å². The van der Waals surface area contributed by atoms with Gasteiger partial charge in [-0.25, -0.2) is 4.98 Å². The number of aliphatic imine (C=N–C) groups is 1. The molecule has 2 aliphatic heterocycles. The van der Waals surface area contributed by atoms with Crippen LogP contribution in [0, 0.1) is 0 Å². The minimum absolute atomic E-state index is 0.298. The lowest BCUT2D eigenvalue weighted by molar-refractivity contribution is -0.127. The van der Waals surface area contributed by atoms with Crippen molar-refractivity contribution in [3.8, 4) is 0 Å². The molecule has 0 spiro atoms. The van der Waals surface area contributed by atoms with E-state index < -0.39 is 0 Å². The lowest BCUT2D eigenvalue weighted by Gasteiger charge is -2.37. The van der Waals surface area contributed by atoms with Gasteiger partial charge >= 0.3 is 0 Å². The molecule has 2 fully saturated rings. The maximum absolute atomic E-state index is 11.7. The standard InChI is InChI=1S/C19H30N6O/c1-2-20-19(22-10-6-12-24-11-5-8-18(24)26)25-15-13-23(14-16-25)17-7-3-4-9-21-17/h3-4,7,9H,2,5-6,8,10-16H2,1H3,(H,20,22). The van der Waals surface area contributed by atoms with Crippen molar-refractivity contribution in [2.24, 2.45) is 4.99 Å². The number of piperazine rings is 1. The van der Waals surface area contributed by atoms with E-state index in [0.717, 1.165) is 77.0 Å². The number of amides is 1. The van der Waals surface area contributed by atoms with Gasteiger partial charge in [-0.2, -0.15) is 0 Å². The van der Waals surface area contributed by atoms with Crippen molar-refractivity contribution in [3.63, 3.8) is 0 Å². The summed E-state index contributed by atoms with van der Waals surface area (Å²) in [6.07, 6.45) is 4.49. The molecule has 26 heavy (non-hydrogen) atoms. The number of carbonyl (C=O) groups is 1. The second-order valence-corrected chi connectivity index (χ2v) is 6.74. The van der Waals surface area contributed by atoms with E-state index in [9.17, 15) is 4.79 Å². The van der Waals surface area contributed by atoms with E-state index in [-0.39, 0.29) is 0 Å². The van der Waals surface area contributed by atoms with Crippen molar-refractivity contribution < 1.29 is 4.79 Å². The number of nitrogens with one attached hydrogen (secondary N) is 1. The Hall–Kier alpha value is -2.31. The van der Waals surface area contributed by atoms with Crippen LogP contribution in [0.2, 0.25) is 0 Å². The smallest absolute Gasteiger partial charge is 0.222 e. The van der Waals surface area contributed by atoms with Gasteiger partial charge in [0.2, 0.25) is 5.91 Å². The van der Waals surface area contributed by atoms with Gasteiger partial charge in [0.25, 0.3) is 0 Å². The van der Waals surface area contributed by atoms with Gasteiger partial charge in [-0.1, -0.05) is 6.07 Å². The zero-order valence-corrected chi connectivity index (χ0v) is 15.7. The molecule has 2 aliphatic rings. The molecule has 0 saturated carbocycles. The van der Waals surface area contributed by atoms with Crippen LogP contribution in [0.3, 0.4) is 0 Å². The van der Waals surface area contributed by atoms with E-state index in [2.05, 4.69) is 33.1 Å². The van der Waals surface area contributed by atoms with Crippen molar-refractivity contribution in [1.29, 1.82) is 0 Å². The number of likely N-dealkylation sites (tertiary alicyclic amines) is 1. The van der Waals surface area contributed by atoms with Crippen molar-refractivity contribution in [2.75, 3.05) is 57.3 Å². The van der Waals surface area contributed by atoms with Crippen LogP contribution in [0.5, 0.6) is 0 Å². The molecular weight excluding hydrogens is 328 g/mol. The highest BCUT2D eigenvalue weighted by atomic mass is 16.2. The van der Waals surface area contributed by atoms with E-state index in [0.29, 0.717) is 12.3 Å². The van der Waals surface area contributed by atoms with Crippen molar-refractivity contribution in [3.05, 3.63) is 24.4 Å². The average molecular weight is 358 g/mol. The van der Waals surface area contributed by atoms with Crippen molar-refractivity contribution in [2.45, 2.75) is 26.2 Å². The van der Waals surface area contributed by atoms with E-state index in [1.165, 1.54) is 0 Å². The summed E-state index contributed by atoms with van der Waals surface area (Å²) in [6.45, 7) is 9.24. The minimum atomic E-state index is 0.298. The number of aromatic nitrogens is 1. The fraction of sp³-hybridized carbons (Fsp3) is 0.632. The van der Waals surface area contributed by atoms with Crippen LogP contribution in [0.1, 0.15) is 26.2 Å². The summed E-state index contributed by atoms with van der Waals surface area (Å²) in [5, 5.41) is 3.41. The van der Waals surface area contributed by atoms with Crippen LogP contribution in [0.25, 0.3) is 0 Å². The zero-order valence-electron chi connectivity index (χ0n) is 15.7. The van der Waals surface area contributed by atoms with Crippen molar-refractivity contribution in [1.82, 2.24) is 20.1 Å². The first-order valence-electron chi connectivity index (χ1n) is 9.75. The van der Waals surface area contributed by atoms with Gasteiger partial charge in [0, 0.05) is 65.0 Å². The van der Waals surface area contributed by atoms with Crippen LogP contribution < -0.4 is 10.2 Å². The van der Waals surface area contributed by atoms with E-state index in [1.807, 2.05) is 23.2 Å². The number of hydrogen-bond donors (Lipinski definition) is 1. The highest BCUT2D eigenvalue weighted by Crippen LogP contribution is 2.13. The topological polar surface area (TPSA) is 64.1 Å². The van der Waals surface area contributed by atoms with Gasteiger partial charge in [0.1, 0.15) is 5.82 Å². The van der Waals surface area contributed by atoms with E-state index >= 15 is 0 Å². The summed E-state index contributed by atoms with van der Waals surface area (Å²) in [7, 11) is 0. The predicted molar refractivity (Wildman–Crippen MR) is 104 cm³/mol. The molecule has 7 heteroatoms. The Morgan fingerprint density at radius 3 is 2.73 bits per heavy atom. The third-order valence-electron chi connectivity index (χ3n) is 4.91. The lowest BCUT2D eigenvalue weighted by Crippen LogP contribution is -2.52. The van der Waals surface area contributed by atoms with Crippen LogP contribution in [0.4, 0.5) is 5.82 Å². The molecule has 1 aromatic heterocycles. The lowest BCUT2D eigenvalue weighted by atomic mass is 10.3. The number of nitrogens with zero attached hydrogens (tertiary/aromatic N) is 5. The molecule has 1 aromatic rings. The average Bonchev–Trinajstić information content (AvgIpc) is 3.10. The van der Waals surface area contributed by atoms with Gasteiger partial charge in [-0.05, 0) is 31.9 Å². The molecule has 2 saturated heterocycles. The number of rotatable bonds is 6. The van der Waals surface area contributed by atoms with Gasteiger partial charge < -0.3 is 20.0 Å². The number of guanidine groups is 1. The minimum Gasteiger partial charge on any atom is -0.357 e. The fourth-order valence-electron chi connectivity index (χ4n) is 3.50. The number of pyridine rings is 1. The number of carbonyl (C=O) groups excluding carboxylic acids is 1. The summed E-state index contributed by atoms with van der Waals surface area (Å²) in [4.78, 5) is 27.5. The third kappa shape index (κ3) is 4.86. The molecule has 142 valence electrons. The highest BCUT2D eigenvalue weighted by Gasteiger charge is 2.21. The monoisotopic (exact) mass is 358 g/mol. The molecule has 3 rings (SSSR count). The highest BCUT2D eigenvalue weighted by molar-refractivity contribution is 5.80. The Balaban J connectivity index is 1.47. The molecule has 0 radical (unpaired) electrons. The Kier molecular flexibility index (Phi) is 6.68. The second kappa shape index (κ2) is 9.40. The van der Waals surface area contributed by atoms with Gasteiger partial charge in [0.05, 0.1) is 0 Å². The maximum Gasteiger partial charge on any atom is 0.222 e. The van der Waals surface area contributed by atoms with Gasteiger partial charge in [-0.3, -0.25) is 9.79 Å². The third-order valence-corrected chi connectivity index (χ3v) is 4.91. The summed E-state index contributed by atoms with van der Waals surface area (Å²) < 4.78 is 0. The summed E-state index contributed by atoms with van der Waals surface area (Å²) in [5.41, 5.74) is 0. The van der Waals surface area contributed by atoms with Crippen LogP contribution in [-0.2, 0) is 4.79 Å². The van der Waals surface area contributed by atoms with E-state index in [4.69, 9.17) is 4.99 Å².